The van der Waals surface area contributed by atoms with Gasteiger partial charge in [-0.3, -0.25) is 0 Å². The molecule has 0 aromatic heterocycles. The highest BCUT2D eigenvalue weighted by atomic mass is 16.5. The molecule has 0 amide bonds. The van der Waals surface area contributed by atoms with Gasteiger partial charge in [-0.1, -0.05) is 26.0 Å². The van der Waals surface area contributed by atoms with Crippen LogP contribution >= 0.6 is 0 Å². The summed E-state index contributed by atoms with van der Waals surface area (Å²) < 4.78 is 11.2. The largest absolute Gasteiger partial charge is 0.497 e. The van der Waals surface area contributed by atoms with Gasteiger partial charge in [0.2, 0.25) is 0 Å². The van der Waals surface area contributed by atoms with Crippen molar-refractivity contribution in [3.05, 3.63) is 58.7 Å². The first-order chi connectivity index (χ1) is 21.7. The summed E-state index contributed by atoms with van der Waals surface area (Å²) in [4.78, 5) is 0. The Morgan fingerprint density at radius 3 is 1.58 bits per heavy atom. The van der Waals surface area contributed by atoms with Crippen LogP contribution in [0.5, 0.6) is 11.5 Å². The SMILES string of the molecule is COc1ccc2c(c1)CC[C@@H]1[C@@H]2CC[C@]2(C)C(C(N)(CCN)C3CC[C@H]4[C@@H]5CCc6cc(OC)ccc6[C@H]5CC[C@]34C)CC[C@@H]12. The number of hydrogen-bond acceptors (Lipinski definition) is 4. The summed E-state index contributed by atoms with van der Waals surface area (Å²) in [7, 11) is 3.59. The maximum absolute atomic E-state index is 8.05. The predicted octanol–water partition coefficient (Wildman–Crippen LogP) is 8.39. The lowest BCUT2D eigenvalue weighted by Gasteiger charge is -2.59. The predicted molar refractivity (Wildman–Crippen MR) is 183 cm³/mol. The van der Waals surface area contributed by atoms with Gasteiger partial charge in [0.1, 0.15) is 11.5 Å². The van der Waals surface area contributed by atoms with E-state index in [9.17, 15) is 0 Å². The molecule has 4 N–H and O–H groups in total. The summed E-state index contributed by atoms with van der Waals surface area (Å²) in [6.45, 7) is 6.09. The minimum absolute atomic E-state index is 0.165. The van der Waals surface area contributed by atoms with Crippen molar-refractivity contribution in [1.29, 1.82) is 0 Å². The second kappa shape index (κ2) is 11.0. The highest BCUT2D eigenvalue weighted by Gasteiger charge is 2.65. The summed E-state index contributed by atoms with van der Waals surface area (Å²) >= 11 is 0. The highest BCUT2D eigenvalue weighted by Crippen LogP contribution is 2.70. The van der Waals surface area contributed by atoms with Crippen molar-refractivity contribution >= 4 is 0 Å². The van der Waals surface area contributed by atoms with E-state index in [0.29, 0.717) is 41.0 Å². The van der Waals surface area contributed by atoms with Crippen LogP contribution in [0.3, 0.4) is 0 Å². The average Bonchev–Trinajstić information content (AvgIpc) is 3.61. The van der Waals surface area contributed by atoms with Crippen molar-refractivity contribution in [2.75, 3.05) is 20.8 Å². The molecule has 4 fully saturated rings. The maximum atomic E-state index is 8.05. The normalized spacial score (nSPS) is 41.0. The lowest BCUT2D eigenvalue weighted by Crippen LogP contribution is -2.62. The van der Waals surface area contributed by atoms with Crippen LogP contribution in [0, 0.1) is 46.3 Å². The van der Waals surface area contributed by atoms with E-state index in [1.165, 1.54) is 88.2 Å². The first-order valence-corrected chi connectivity index (χ1v) is 18.6. The molecule has 10 atom stereocenters. The van der Waals surface area contributed by atoms with Crippen molar-refractivity contribution in [2.45, 2.75) is 115 Å². The molecular formula is C41H58N2O2. The minimum Gasteiger partial charge on any atom is -0.497 e. The molecule has 4 nitrogen and oxygen atoms in total. The zero-order valence-corrected chi connectivity index (χ0v) is 28.5. The van der Waals surface area contributed by atoms with Crippen molar-refractivity contribution < 1.29 is 9.47 Å². The molecule has 0 spiro atoms. The lowest BCUT2D eigenvalue weighted by molar-refractivity contribution is -0.0576. The zero-order chi connectivity index (χ0) is 31.1. The Bertz CT molecular complexity index is 1340. The van der Waals surface area contributed by atoms with Gasteiger partial charge in [-0.2, -0.15) is 0 Å². The molecule has 6 aliphatic rings. The van der Waals surface area contributed by atoms with Crippen molar-refractivity contribution in [2.24, 2.45) is 57.8 Å². The number of fused-ring (bicyclic) bond motifs is 10. The van der Waals surface area contributed by atoms with Gasteiger partial charge in [-0.25, -0.2) is 0 Å². The van der Waals surface area contributed by atoms with Crippen LogP contribution in [-0.2, 0) is 12.8 Å². The number of hydrogen-bond donors (Lipinski definition) is 2. The number of aryl methyl sites for hydroxylation is 2. The van der Waals surface area contributed by atoms with Crippen LogP contribution in [0.1, 0.15) is 119 Å². The standard InChI is InChI=1S/C41H58N2O2/c1-39-19-17-31-29-11-7-27(44-3)23-25(29)5-9-33(31)35(39)13-15-37(39)41(43,21-22-42)38-16-14-36-34-10-6-26-24-28(45-4)8-12-30(26)32(34)18-20-40(36,38)2/h7-8,11-12,23-24,31-38H,5-6,9-10,13-22,42-43H2,1-4H3/t31-,32-,33-,34-,35+,36+,37?,38?,39+,40+,41?/m1/s1. The lowest BCUT2D eigenvalue weighted by atomic mass is 9.47. The number of methoxy groups -OCH3 is 2. The van der Waals surface area contributed by atoms with E-state index in [-0.39, 0.29) is 5.54 Å². The molecule has 2 aromatic carbocycles. The maximum Gasteiger partial charge on any atom is 0.119 e. The number of benzene rings is 2. The monoisotopic (exact) mass is 610 g/mol. The van der Waals surface area contributed by atoms with E-state index in [2.05, 4.69) is 50.2 Å². The number of ether oxygens (including phenoxy) is 2. The molecule has 2 aromatic rings. The zero-order valence-electron chi connectivity index (χ0n) is 28.5. The molecule has 0 saturated heterocycles. The summed E-state index contributed by atoms with van der Waals surface area (Å²) in [6, 6.07) is 13.8. The molecule has 45 heavy (non-hydrogen) atoms. The molecule has 0 bridgehead atoms. The Hall–Kier alpha value is -2.04. The van der Waals surface area contributed by atoms with E-state index in [4.69, 9.17) is 20.9 Å². The van der Waals surface area contributed by atoms with Crippen LogP contribution in [0.4, 0.5) is 0 Å². The van der Waals surface area contributed by atoms with E-state index in [0.717, 1.165) is 41.6 Å². The van der Waals surface area contributed by atoms with Gasteiger partial charge in [-0.15, -0.1) is 0 Å². The molecule has 6 aliphatic carbocycles. The van der Waals surface area contributed by atoms with Gasteiger partial charge >= 0.3 is 0 Å². The van der Waals surface area contributed by atoms with Gasteiger partial charge < -0.3 is 20.9 Å². The van der Waals surface area contributed by atoms with Gasteiger partial charge in [-0.05, 0) is 195 Å². The average molecular weight is 611 g/mol. The summed E-state index contributed by atoms with van der Waals surface area (Å²) in [5.41, 5.74) is 21.4. The van der Waals surface area contributed by atoms with E-state index >= 15 is 0 Å². The quantitative estimate of drug-likeness (QED) is 0.345. The Labute approximate surface area is 272 Å². The van der Waals surface area contributed by atoms with Gasteiger partial charge in [0.25, 0.3) is 0 Å². The Morgan fingerprint density at radius 2 is 1.16 bits per heavy atom. The first-order valence-electron chi connectivity index (χ1n) is 18.6. The van der Waals surface area contributed by atoms with Crippen molar-refractivity contribution in [1.82, 2.24) is 0 Å². The van der Waals surface area contributed by atoms with E-state index < -0.39 is 0 Å². The molecule has 4 saturated carbocycles. The fraction of sp³-hybridized carbons (Fsp3) is 0.707. The minimum atomic E-state index is -0.165. The van der Waals surface area contributed by atoms with Crippen molar-refractivity contribution in [3.8, 4) is 11.5 Å². The molecule has 8 rings (SSSR count). The molecule has 0 heterocycles. The number of rotatable bonds is 6. The fourth-order valence-electron chi connectivity index (χ4n) is 14.0. The third-order valence-corrected chi connectivity index (χ3v) is 15.7. The molecule has 2 unspecified atom stereocenters. The van der Waals surface area contributed by atoms with Gasteiger partial charge in [0, 0.05) is 5.54 Å². The Kier molecular flexibility index (Phi) is 7.41. The van der Waals surface area contributed by atoms with Crippen LogP contribution in [0.25, 0.3) is 0 Å². The van der Waals surface area contributed by atoms with Gasteiger partial charge in [0.05, 0.1) is 14.2 Å². The smallest absolute Gasteiger partial charge is 0.119 e. The van der Waals surface area contributed by atoms with E-state index in [1.54, 1.807) is 25.3 Å². The second-order valence-corrected chi connectivity index (χ2v) is 17.0. The van der Waals surface area contributed by atoms with Crippen molar-refractivity contribution in [3.63, 3.8) is 0 Å². The van der Waals surface area contributed by atoms with Crippen LogP contribution in [0.2, 0.25) is 0 Å². The van der Waals surface area contributed by atoms with E-state index in [1.807, 2.05) is 0 Å². The van der Waals surface area contributed by atoms with Crippen LogP contribution in [-0.4, -0.2) is 26.3 Å². The summed E-state index contributed by atoms with van der Waals surface area (Å²) in [5, 5.41) is 0. The summed E-state index contributed by atoms with van der Waals surface area (Å²) in [6.07, 6.45) is 16.6. The van der Waals surface area contributed by atoms with Gasteiger partial charge in [0.15, 0.2) is 0 Å². The topological polar surface area (TPSA) is 70.5 Å². The Morgan fingerprint density at radius 1 is 0.689 bits per heavy atom. The second-order valence-electron chi connectivity index (χ2n) is 17.0. The first kappa shape index (κ1) is 30.3. The van der Waals surface area contributed by atoms with Crippen LogP contribution < -0.4 is 20.9 Å². The fourth-order valence-corrected chi connectivity index (χ4v) is 14.0. The third kappa shape index (κ3) is 4.36. The molecule has 0 radical (unpaired) electrons. The molecule has 0 aliphatic heterocycles. The Balaban J connectivity index is 1.07. The molecular weight excluding hydrogens is 552 g/mol. The molecule has 4 heteroatoms. The van der Waals surface area contributed by atoms with Crippen LogP contribution in [0.15, 0.2) is 36.4 Å². The number of nitrogens with two attached hydrogens (primary N) is 2. The summed E-state index contributed by atoms with van der Waals surface area (Å²) in [5.74, 6) is 7.74. The molecule has 244 valence electrons. The highest BCUT2D eigenvalue weighted by molar-refractivity contribution is 5.42. The third-order valence-electron chi connectivity index (χ3n) is 15.7.